The van der Waals surface area contributed by atoms with Gasteiger partial charge in [-0.15, -0.1) is 0 Å². The van der Waals surface area contributed by atoms with E-state index < -0.39 is 11.4 Å². The number of nitrogens with zero attached hydrogens (tertiary/aromatic N) is 2. The van der Waals surface area contributed by atoms with Crippen molar-refractivity contribution < 1.29 is 9.29 Å². The molecular formula is C11H16N2O2S. The lowest BCUT2D eigenvalue weighted by molar-refractivity contribution is 0.397. The van der Waals surface area contributed by atoms with E-state index in [4.69, 9.17) is 4.74 Å². The topological polar surface area (TPSA) is 57.5 Å². The first-order chi connectivity index (χ1) is 7.45. The molecule has 1 aromatic rings. The third-order valence-electron chi connectivity index (χ3n) is 1.81. The Balaban J connectivity index is 2.84. The van der Waals surface area contributed by atoms with E-state index in [9.17, 15) is 4.55 Å². The second kappa shape index (κ2) is 5.32. The van der Waals surface area contributed by atoms with Crippen LogP contribution >= 0.6 is 0 Å². The summed E-state index contributed by atoms with van der Waals surface area (Å²) < 4.78 is 20.4. The maximum absolute atomic E-state index is 11.7. The van der Waals surface area contributed by atoms with Gasteiger partial charge in [0.15, 0.2) is 0 Å². The van der Waals surface area contributed by atoms with Crippen LogP contribution in [0.2, 0.25) is 0 Å². The lowest BCUT2D eigenvalue weighted by Gasteiger charge is -2.17. The van der Waals surface area contributed by atoms with E-state index in [0.717, 1.165) is 5.56 Å². The molecule has 1 unspecified atom stereocenters. The molecule has 0 radical (unpaired) electrons. The lowest BCUT2D eigenvalue weighted by Crippen LogP contribution is -2.25. The summed E-state index contributed by atoms with van der Waals surface area (Å²) in [6.07, 6.45) is 3.17. The maximum atomic E-state index is 11.7. The molecule has 0 fully saturated rings. The number of hydrogen-bond donors (Lipinski definition) is 0. The van der Waals surface area contributed by atoms with Crippen LogP contribution in [0.5, 0.6) is 5.88 Å². The van der Waals surface area contributed by atoms with Crippen LogP contribution in [0.15, 0.2) is 22.7 Å². The average Bonchev–Trinajstić information content (AvgIpc) is 2.24. The fraction of sp³-hybridized carbons (Fsp3) is 0.455. The van der Waals surface area contributed by atoms with Gasteiger partial charge in [0.05, 0.1) is 18.9 Å². The van der Waals surface area contributed by atoms with Crippen molar-refractivity contribution in [2.24, 2.45) is 4.40 Å². The summed E-state index contributed by atoms with van der Waals surface area (Å²) in [6, 6.07) is 3.60. The first-order valence-corrected chi connectivity index (χ1v) is 6.01. The Morgan fingerprint density at radius 3 is 2.75 bits per heavy atom. The van der Waals surface area contributed by atoms with E-state index in [1.54, 1.807) is 19.4 Å². The predicted molar refractivity (Wildman–Crippen MR) is 66.3 cm³/mol. The molecule has 1 aromatic heterocycles. The molecule has 0 aromatic carbocycles. The standard InChI is InChI=1S/C11H16N2O2S/c1-11(2,3)16(14)13-8-9-6-5-7-12-10(9)15-4/h5-8H,1-4H3/b13-8+. The SMILES string of the molecule is COc1ncccc1/C=N/[S+]([O-])C(C)(C)C. The van der Waals surface area contributed by atoms with Gasteiger partial charge in [0.1, 0.15) is 16.1 Å². The molecule has 16 heavy (non-hydrogen) atoms. The minimum Gasteiger partial charge on any atom is -0.591 e. The largest absolute Gasteiger partial charge is 0.591 e. The van der Waals surface area contributed by atoms with Gasteiger partial charge < -0.3 is 9.29 Å². The Morgan fingerprint density at radius 1 is 1.50 bits per heavy atom. The summed E-state index contributed by atoms with van der Waals surface area (Å²) in [6.45, 7) is 5.63. The summed E-state index contributed by atoms with van der Waals surface area (Å²) in [5.74, 6) is 0.483. The van der Waals surface area contributed by atoms with E-state index in [1.807, 2.05) is 26.8 Å². The summed E-state index contributed by atoms with van der Waals surface area (Å²) in [5, 5.41) is 0. The van der Waals surface area contributed by atoms with Crippen LogP contribution in [-0.4, -0.2) is 27.6 Å². The molecule has 0 saturated carbocycles. The zero-order valence-electron chi connectivity index (χ0n) is 9.93. The van der Waals surface area contributed by atoms with Crippen molar-refractivity contribution in [3.8, 4) is 5.88 Å². The van der Waals surface area contributed by atoms with Gasteiger partial charge in [0.2, 0.25) is 5.88 Å². The molecule has 0 N–H and O–H groups in total. The smallest absolute Gasteiger partial charge is 0.222 e. The third-order valence-corrected chi connectivity index (χ3v) is 3.15. The van der Waals surface area contributed by atoms with Crippen LogP contribution in [0, 0.1) is 0 Å². The Bertz CT molecular complexity index is 374. The van der Waals surface area contributed by atoms with E-state index in [1.165, 1.54) is 6.21 Å². The quantitative estimate of drug-likeness (QED) is 0.599. The predicted octanol–water partition coefficient (Wildman–Crippen LogP) is 1.97. The van der Waals surface area contributed by atoms with Crippen LogP contribution < -0.4 is 4.74 Å². The Kier molecular flexibility index (Phi) is 4.32. The molecule has 0 aliphatic heterocycles. The van der Waals surface area contributed by atoms with Gasteiger partial charge in [-0.05, 0) is 32.9 Å². The number of aromatic nitrogens is 1. The second-order valence-corrected chi connectivity index (χ2v) is 6.13. The molecule has 0 bridgehead atoms. The van der Waals surface area contributed by atoms with Crippen LogP contribution in [0.1, 0.15) is 26.3 Å². The zero-order valence-corrected chi connectivity index (χ0v) is 10.7. The fourth-order valence-electron chi connectivity index (χ4n) is 0.935. The highest BCUT2D eigenvalue weighted by Gasteiger charge is 2.25. The van der Waals surface area contributed by atoms with Crippen LogP contribution in [0.4, 0.5) is 0 Å². The van der Waals surface area contributed by atoms with Gasteiger partial charge >= 0.3 is 0 Å². The van der Waals surface area contributed by atoms with Crippen LogP contribution in [0.25, 0.3) is 0 Å². The summed E-state index contributed by atoms with van der Waals surface area (Å²) in [4.78, 5) is 4.02. The molecule has 0 aliphatic carbocycles. The second-order valence-electron chi connectivity index (χ2n) is 4.20. The minimum absolute atomic E-state index is 0.355. The molecule has 0 saturated heterocycles. The van der Waals surface area contributed by atoms with Crippen LogP contribution in [-0.2, 0) is 11.4 Å². The Labute approximate surface area is 99.1 Å². The Hall–Kier alpha value is -1.07. The van der Waals surface area contributed by atoms with Gasteiger partial charge in [0, 0.05) is 6.20 Å². The normalized spacial score (nSPS) is 14.1. The summed E-state index contributed by atoms with van der Waals surface area (Å²) >= 11 is -1.26. The lowest BCUT2D eigenvalue weighted by atomic mass is 10.3. The molecule has 88 valence electrons. The van der Waals surface area contributed by atoms with E-state index >= 15 is 0 Å². The molecule has 1 heterocycles. The number of pyridine rings is 1. The molecule has 4 nitrogen and oxygen atoms in total. The molecule has 0 aliphatic rings. The van der Waals surface area contributed by atoms with Gasteiger partial charge in [-0.1, -0.05) is 4.40 Å². The summed E-state index contributed by atoms with van der Waals surface area (Å²) in [5.41, 5.74) is 0.725. The van der Waals surface area contributed by atoms with Crippen molar-refractivity contribution in [2.45, 2.75) is 25.5 Å². The highest BCUT2D eigenvalue weighted by atomic mass is 32.2. The van der Waals surface area contributed by atoms with Gasteiger partial charge in [-0.3, -0.25) is 0 Å². The molecule has 1 rings (SSSR count). The number of ether oxygens (including phenoxy) is 1. The third kappa shape index (κ3) is 3.50. The van der Waals surface area contributed by atoms with Gasteiger partial charge in [0.25, 0.3) is 0 Å². The van der Waals surface area contributed by atoms with Crippen molar-refractivity contribution in [3.05, 3.63) is 23.9 Å². The minimum atomic E-state index is -1.26. The fourth-order valence-corrected chi connectivity index (χ4v) is 1.46. The average molecular weight is 240 g/mol. The monoisotopic (exact) mass is 240 g/mol. The number of hydrogen-bond acceptors (Lipinski definition) is 4. The van der Waals surface area contributed by atoms with Gasteiger partial charge in [-0.2, -0.15) is 0 Å². The number of rotatable bonds is 3. The molecular weight excluding hydrogens is 224 g/mol. The molecule has 0 amide bonds. The van der Waals surface area contributed by atoms with Crippen molar-refractivity contribution >= 4 is 17.6 Å². The molecule has 0 spiro atoms. The van der Waals surface area contributed by atoms with Crippen molar-refractivity contribution in [1.29, 1.82) is 0 Å². The highest BCUT2D eigenvalue weighted by Crippen LogP contribution is 2.18. The highest BCUT2D eigenvalue weighted by molar-refractivity contribution is 7.91. The zero-order chi connectivity index (χ0) is 12.2. The van der Waals surface area contributed by atoms with Gasteiger partial charge in [-0.25, -0.2) is 4.98 Å². The van der Waals surface area contributed by atoms with E-state index in [2.05, 4.69) is 9.38 Å². The maximum Gasteiger partial charge on any atom is 0.222 e. The van der Waals surface area contributed by atoms with E-state index in [-0.39, 0.29) is 4.75 Å². The van der Waals surface area contributed by atoms with Crippen molar-refractivity contribution in [2.75, 3.05) is 7.11 Å². The van der Waals surface area contributed by atoms with Crippen molar-refractivity contribution in [1.82, 2.24) is 4.98 Å². The number of methoxy groups -OCH3 is 1. The molecule has 5 heteroatoms. The van der Waals surface area contributed by atoms with Crippen LogP contribution in [0.3, 0.4) is 0 Å². The molecule has 1 atom stereocenters. The first-order valence-electron chi connectivity index (χ1n) is 4.90. The summed E-state index contributed by atoms with van der Waals surface area (Å²) in [7, 11) is 1.54. The first kappa shape index (κ1) is 13.0. The Morgan fingerprint density at radius 2 is 2.19 bits per heavy atom. The van der Waals surface area contributed by atoms with Crippen molar-refractivity contribution in [3.63, 3.8) is 0 Å². The van der Waals surface area contributed by atoms with E-state index in [0.29, 0.717) is 5.88 Å².